The van der Waals surface area contributed by atoms with Gasteiger partial charge in [-0.2, -0.15) is 0 Å². The normalized spacial score (nSPS) is 14.8. The van der Waals surface area contributed by atoms with Gasteiger partial charge in [-0.05, 0) is 54.8 Å². The number of hydrogen-bond acceptors (Lipinski definition) is 8. The Morgan fingerprint density at radius 1 is 1.17 bits per heavy atom. The highest BCUT2D eigenvalue weighted by Gasteiger charge is 2.34. The summed E-state index contributed by atoms with van der Waals surface area (Å²) in [6.07, 6.45) is 1.78. The van der Waals surface area contributed by atoms with Crippen LogP contribution in [-0.2, 0) is 16.1 Å². The summed E-state index contributed by atoms with van der Waals surface area (Å²) in [5.74, 6) is -0.681. The summed E-state index contributed by atoms with van der Waals surface area (Å²) in [7, 11) is 1.23. The molecule has 1 unspecified atom stereocenters. The summed E-state index contributed by atoms with van der Waals surface area (Å²) in [4.78, 5) is 44.9. The second-order valence-electron chi connectivity index (χ2n) is 9.63. The second-order valence-corrected chi connectivity index (χ2v) is 11.0. The number of benzene rings is 3. The molecule has 42 heavy (non-hydrogen) atoms. The number of hydrogen-bond donors (Lipinski definition) is 0. The molecule has 4 aromatic rings. The first kappa shape index (κ1) is 29.0. The van der Waals surface area contributed by atoms with E-state index in [0.717, 1.165) is 24.3 Å². The van der Waals surface area contributed by atoms with Gasteiger partial charge in [0.15, 0.2) is 4.80 Å². The minimum absolute atomic E-state index is 0.0506. The maximum atomic E-state index is 13.8. The van der Waals surface area contributed by atoms with Crippen molar-refractivity contribution in [3.05, 3.63) is 136 Å². The van der Waals surface area contributed by atoms with E-state index < -0.39 is 16.9 Å². The minimum atomic E-state index is -0.981. The second kappa shape index (κ2) is 12.1. The number of fused-ring (bicyclic) bond motifs is 1. The maximum absolute atomic E-state index is 13.8. The van der Waals surface area contributed by atoms with E-state index in [-0.39, 0.29) is 21.8 Å². The molecule has 0 spiro atoms. The van der Waals surface area contributed by atoms with E-state index in [4.69, 9.17) is 16.3 Å². The summed E-state index contributed by atoms with van der Waals surface area (Å²) in [6, 6.07) is 21.4. The van der Waals surface area contributed by atoms with E-state index in [0.29, 0.717) is 20.6 Å². The summed E-state index contributed by atoms with van der Waals surface area (Å²) in [5, 5.41) is 11.6. The largest absolute Gasteiger partial charge is 0.466 e. The van der Waals surface area contributed by atoms with Crippen LogP contribution in [0.5, 0.6) is 0 Å². The highest BCUT2D eigenvalue weighted by Crippen LogP contribution is 2.34. The topological polar surface area (TPSA) is 107 Å². The van der Waals surface area contributed by atoms with Crippen molar-refractivity contribution in [3.8, 4) is 0 Å². The zero-order valence-electron chi connectivity index (χ0n) is 23.1. The van der Waals surface area contributed by atoms with Crippen LogP contribution in [-0.4, -0.2) is 29.1 Å². The van der Waals surface area contributed by atoms with E-state index in [1.807, 2.05) is 42.5 Å². The van der Waals surface area contributed by atoms with Gasteiger partial charge in [0.2, 0.25) is 0 Å². The van der Waals surface area contributed by atoms with Crippen LogP contribution in [0.4, 0.5) is 11.4 Å². The summed E-state index contributed by atoms with van der Waals surface area (Å²) >= 11 is 7.24. The van der Waals surface area contributed by atoms with Crippen LogP contribution in [0.25, 0.3) is 6.08 Å². The molecule has 1 aliphatic heterocycles. The SMILES string of the molecule is CCN(Cc1ccccc1)c1ccc(C=c2sc3n(c2=O)C(c2ccc(Cl)c([N+](=O)[O-])c2)C(C(=O)OC)=C(C)N=3)cc1. The fraction of sp³-hybridized carbons (Fsp3) is 0.194. The molecule has 0 saturated carbocycles. The van der Waals surface area contributed by atoms with E-state index in [9.17, 15) is 19.7 Å². The van der Waals surface area contributed by atoms with E-state index in [1.54, 1.807) is 19.1 Å². The Hall–Kier alpha value is -4.54. The van der Waals surface area contributed by atoms with Crippen LogP contribution in [0.1, 0.15) is 36.6 Å². The van der Waals surface area contributed by atoms with Crippen molar-refractivity contribution in [2.75, 3.05) is 18.6 Å². The average Bonchev–Trinajstić information content (AvgIpc) is 3.29. The first-order valence-corrected chi connectivity index (χ1v) is 14.3. The number of thiazole rings is 1. The van der Waals surface area contributed by atoms with Crippen LogP contribution in [0.3, 0.4) is 0 Å². The van der Waals surface area contributed by atoms with Crippen molar-refractivity contribution in [3.63, 3.8) is 0 Å². The molecule has 214 valence electrons. The first-order valence-electron chi connectivity index (χ1n) is 13.2. The van der Waals surface area contributed by atoms with Crippen molar-refractivity contribution < 1.29 is 14.5 Å². The molecule has 1 aromatic heterocycles. The molecule has 0 bridgehead atoms. The van der Waals surface area contributed by atoms with E-state index in [2.05, 4.69) is 28.9 Å². The van der Waals surface area contributed by atoms with Gasteiger partial charge in [-0.15, -0.1) is 0 Å². The van der Waals surface area contributed by atoms with Crippen LogP contribution in [0.2, 0.25) is 5.02 Å². The third-order valence-corrected chi connectivity index (χ3v) is 8.37. The molecule has 2 heterocycles. The van der Waals surface area contributed by atoms with Gasteiger partial charge in [0.05, 0.1) is 33.9 Å². The molecule has 11 heteroatoms. The number of anilines is 1. The third kappa shape index (κ3) is 5.63. The van der Waals surface area contributed by atoms with Gasteiger partial charge in [0.25, 0.3) is 11.2 Å². The van der Waals surface area contributed by atoms with E-state index >= 15 is 0 Å². The standard InChI is InChI=1S/C31H27ClN4O5S/c1-4-34(18-21-8-6-5-7-9-21)23-13-10-20(11-14-23)16-26-29(37)35-28(22-12-15-24(32)25(17-22)36(39)40)27(30(38)41-3)19(2)33-31(35)42-26/h5-17,28H,4,18H2,1-3H3. The van der Waals surface area contributed by atoms with Gasteiger partial charge in [-0.1, -0.05) is 71.5 Å². The monoisotopic (exact) mass is 602 g/mol. The summed E-state index contributed by atoms with van der Waals surface area (Å²) < 4.78 is 6.80. The van der Waals surface area contributed by atoms with Crippen molar-refractivity contribution in [1.82, 2.24) is 4.57 Å². The molecular weight excluding hydrogens is 576 g/mol. The fourth-order valence-electron chi connectivity index (χ4n) is 4.97. The van der Waals surface area contributed by atoms with E-state index in [1.165, 1.54) is 40.7 Å². The van der Waals surface area contributed by atoms with Gasteiger partial charge >= 0.3 is 5.97 Å². The molecule has 0 radical (unpaired) electrons. The number of allylic oxidation sites excluding steroid dienone is 1. The van der Waals surface area contributed by atoms with Gasteiger partial charge in [-0.25, -0.2) is 9.79 Å². The molecule has 0 N–H and O–H groups in total. The predicted octanol–water partition coefficient (Wildman–Crippen LogP) is 5.00. The van der Waals surface area contributed by atoms with Crippen molar-refractivity contribution in [1.29, 1.82) is 0 Å². The van der Waals surface area contributed by atoms with Gasteiger partial charge in [0, 0.05) is 24.8 Å². The molecule has 0 fully saturated rings. The summed E-state index contributed by atoms with van der Waals surface area (Å²) in [6.45, 7) is 5.36. The number of halogens is 1. The molecule has 0 saturated heterocycles. The number of carbonyl (C=O) groups is 1. The Morgan fingerprint density at radius 2 is 1.88 bits per heavy atom. The maximum Gasteiger partial charge on any atom is 0.338 e. The van der Waals surface area contributed by atoms with Gasteiger partial charge in [0.1, 0.15) is 5.02 Å². The lowest BCUT2D eigenvalue weighted by Crippen LogP contribution is -2.39. The molecule has 0 amide bonds. The Kier molecular flexibility index (Phi) is 8.37. The number of methoxy groups -OCH3 is 1. The molecule has 0 aliphatic carbocycles. The van der Waals surface area contributed by atoms with Gasteiger partial charge in [-0.3, -0.25) is 19.5 Å². The predicted molar refractivity (Wildman–Crippen MR) is 163 cm³/mol. The lowest BCUT2D eigenvalue weighted by molar-refractivity contribution is -0.384. The smallest absolute Gasteiger partial charge is 0.338 e. The lowest BCUT2D eigenvalue weighted by Gasteiger charge is -2.24. The number of nitro benzene ring substituents is 1. The Bertz CT molecular complexity index is 1880. The lowest BCUT2D eigenvalue weighted by atomic mass is 9.95. The number of rotatable bonds is 8. The minimum Gasteiger partial charge on any atom is -0.466 e. The third-order valence-electron chi connectivity index (χ3n) is 7.06. The Balaban J connectivity index is 1.56. The zero-order chi connectivity index (χ0) is 30.0. The van der Waals surface area contributed by atoms with Crippen LogP contribution in [0, 0.1) is 10.1 Å². The number of aromatic nitrogens is 1. The number of nitrogens with zero attached hydrogens (tertiary/aromatic N) is 4. The quantitative estimate of drug-likeness (QED) is 0.160. The van der Waals surface area contributed by atoms with Gasteiger partial charge < -0.3 is 9.64 Å². The highest BCUT2D eigenvalue weighted by atomic mass is 35.5. The number of ether oxygens (including phenoxy) is 1. The summed E-state index contributed by atoms with van der Waals surface area (Å²) in [5.41, 5.74) is 3.21. The van der Waals surface area contributed by atoms with Crippen molar-refractivity contribution >= 4 is 46.4 Å². The molecular formula is C31H27ClN4O5S. The van der Waals surface area contributed by atoms with Crippen molar-refractivity contribution in [2.24, 2.45) is 4.99 Å². The highest BCUT2D eigenvalue weighted by molar-refractivity contribution is 7.07. The zero-order valence-corrected chi connectivity index (χ0v) is 24.7. The van der Waals surface area contributed by atoms with Crippen LogP contribution in [0.15, 0.2) is 93.9 Å². The molecule has 9 nitrogen and oxygen atoms in total. The van der Waals surface area contributed by atoms with Crippen molar-refractivity contribution in [2.45, 2.75) is 26.4 Å². The molecule has 1 atom stereocenters. The molecule has 1 aliphatic rings. The molecule has 3 aromatic carbocycles. The number of nitro groups is 1. The molecule has 5 rings (SSSR count). The first-order chi connectivity index (χ1) is 20.2. The number of esters is 1. The van der Waals surface area contributed by atoms with Crippen LogP contribution < -0.4 is 19.8 Å². The van der Waals surface area contributed by atoms with Crippen LogP contribution >= 0.6 is 22.9 Å². The Labute approximate surface area is 250 Å². The average molecular weight is 603 g/mol. The fourth-order valence-corrected chi connectivity index (χ4v) is 6.20. The number of carbonyl (C=O) groups excluding carboxylic acids is 1. The Morgan fingerprint density at radius 3 is 2.52 bits per heavy atom.